The molecule has 1 fully saturated rings. The summed E-state index contributed by atoms with van der Waals surface area (Å²) in [7, 11) is 1.14. The first kappa shape index (κ1) is 29.6. The van der Waals surface area contributed by atoms with Crippen LogP contribution in [0, 0.1) is 5.41 Å². The molecule has 0 aromatic heterocycles. The number of carbonyl (C=O) groups is 5. The Hall–Kier alpha value is -5.00. The number of methoxy groups -OCH3 is 1. The van der Waals surface area contributed by atoms with Gasteiger partial charge in [0.05, 0.1) is 13.5 Å². The Bertz CT molecular complexity index is 1310. The maximum absolute atomic E-state index is 13.9. The molecule has 3 rings (SSSR count). The van der Waals surface area contributed by atoms with Crippen LogP contribution in [0.2, 0.25) is 0 Å². The summed E-state index contributed by atoms with van der Waals surface area (Å²) >= 11 is 0. The van der Waals surface area contributed by atoms with Gasteiger partial charge in [-0.3, -0.25) is 29.4 Å². The molecule has 0 radical (unpaired) electrons. The fourth-order valence-corrected chi connectivity index (χ4v) is 4.33. The van der Waals surface area contributed by atoms with Gasteiger partial charge in [0, 0.05) is 30.6 Å². The first-order valence-electron chi connectivity index (χ1n) is 12.4. The summed E-state index contributed by atoms with van der Waals surface area (Å²) < 4.78 is 4.71. The molecule has 1 aliphatic heterocycles. The van der Waals surface area contributed by atoms with Crippen LogP contribution in [0.25, 0.3) is 6.08 Å². The van der Waals surface area contributed by atoms with Crippen LogP contribution in [-0.2, 0) is 30.3 Å². The zero-order valence-electron chi connectivity index (χ0n) is 22.0. The molecule has 2 atom stereocenters. The summed E-state index contributed by atoms with van der Waals surface area (Å²) in [5.41, 5.74) is 7.71. The number of hydrogen-bond donors (Lipinski definition) is 4. The molecule has 3 amide bonds. The predicted molar refractivity (Wildman–Crippen MR) is 145 cm³/mol. The number of aliphatic carboxylic acids is 1. The van der Waals surface area contributed by atoms with E-state index in [-0.39, 0.29) is 30.9 Å². The highest BCUT2D eigenvalue weighted by Crippen LogP contribution is 2.19. The van der Waals surface area contributed by atoms with Crippen LogP contribution in [0.1, 0.15) is 33.5 Å². The van der Waals surface area contributed by atoms with Crippen molar-refractivity contribution < 1.29 is 33.8 Å². The minimum absolute atomic E-state index is 0.0470. The molecule has 5 N–H and O–H groups in total. The third-order valence-electron chi connectivity index (χ3n) is 6.50. The van der Waals surface area contributed by atoms with Gasteiger partial charge in [-0.15, -0.1) is 0 Å². The maximum atomic E-state index is 13.9. The van der Waals surface area contributed by atoms with E-state index < -0.39 is 54.7 Å². The zero-order chi connectivity index (χ0) is 29.4. The summed E-state index contributed by atoms with van der Waals surface area (Å²) in [5, 5.41) is 19.4. The van der Waals surface area contributed by atoms with Gasteiger partial charge in [-0.1, -0.05) is 49.1 Å². The number of carboxylic acid groups (broad SMARTS) is 1. The quantitative estimate of drug-likeness (QED) is 0.179. The van der Waals surface area contributed by atoms with Crippen LogP contribution < -0.4 is 11.1 Å². The first-order valence-corrected chi connectivity index (χ1v) is 12.4. The topological polar surface area (TPSA) is 183 Å². The van der Waals surface area contributed by atoms with Crippen molar-refractivity contribution in [2.24, 2.45) is 5.73 Å². The van der Waals surface area contributed by atoms with Crippen molar-refractivity contribution in [3.63, 3.8) is 0 Å². The molecule has 1 aliphatic rings. The Morgan fingerprint density at radius 2 is 1.75 bits per heavy atom. The summed E-state index contributed by atoms with van der Waals surface area (Å²) in [6.07, 6.45) is 1.26. The van der Waals surface area contributed by atoms with Crippen molar-refractivity contribution in [1.82, 2.24) is 15.1 Å². The van der Waals surface area contributed by atoms with Gasteiger partial charge in [0.25, 0.3) is 5.91 Å². The lowest BCUT2D eigenvalue weighted by Crippen LogP contribution is -2.63. The molecular formula is C28H31N5O7. The zero-order valence-corrected chi connectivity index (χ0v) is 22.0. The second kappa shape index (κ2) is 13.2. The van der Waals surface area contributed by atoms with Gasteiger partial charge in [0.2, 0.25) is 11.8 Å². The number of benzene rings is 2. The standard InChI is InChI=1S/C28H31N5O7/c1-3-17-4-6-18(7-5-17)14-21(31-26(37)20-10-8-19(9-11-20)25(29)30)27(38)33-13-12-32(16-23(34)35)28(39)22(33)15-24(36)40-2/h3-11,21-22H,1,12-16H2,2H3,(H3,29,30)(H,31,37)(H,34,35)/t21-,22-/m0/s1. The van der Waals surface area contributed by atoms with Gasteiger partial charge in [-0.05, 0) is 23.3 Å². The molecule has 0 bridgehead atoms. The number of amides is 3. The second-order valence-electron chi connectivity index (χ2n) is 9.15. The lowest BCUT2D eigenvalue weighted by Gasteiger charge is -2.41. The molecule has 1 saturated heterocycles. The van der Waals surface area contributed by atoms with Crippen molar-refractivity contribution in [3.05, 3.63) is 77.4 Å². The van der Waals surface area contributed by atoms with Crippen LogP contribution in [0.4, 0.5) is 0 Å². The third kappa shape index (κ3) is 7.31. The summed E-state index contributed by atoms with van der Waals surface area (Å²) in [4.78, 5) is 65.9. The van der Waals surface area contributed by atoms with E-state index in [0.29, 0.717) is 5.56 Å². The SMILES string of the molecule is C=Cc1ccc(C[C@H](NC(=O)c2ccc(C(=N)N)cc2)C(=O)N2CCN(CC(=O)O)C(=O)[C@@H]2CC(=O)OC)cc1. The van der Waals surface area contributed by atoms with Crippen LogP contribution >= 0.6 is 0 Å². The number of rotatable bonds is 11. The van der Waals surface area contributed by atoms with Gasteiger partial charge in [0.1, 0.15) is 24.5 Å². The van der Waals surface area contributed by atoms with E-state index in [1.807, 2.05) is 0 Å². The Kier molecular flexibility index (Phi) is 9.74. The van der Waals surface area contributed by atoms with Gasteiger partial charge in [-0.25, -0.2) is 0 Å². The number of hydrogen-bond acceptors (Lipinski definition) is 7. The highest BCUT2D eigenvalue weighted by molar-refractivity contribution is 6.01. The van der Waals surface area contributed by atoms with E-state index in [1.165, 1.54) is 29.2 Å². The van der Waals surface area contributed by atoms with Crippen molar-refractivity contribution in [3.8, 4) is 0 Å². The number of nitrogens with one attached hydrogen (secondary N) is 2. The number of carboxylic acids is 1. The molecule has 0 spiro atoms. The van der Waals surface area contributed by atoms with Crippen molar-refractivity contribution >= 4 is 41.6 Å². The Balaban J connectivity index is 1.92. The predicted octanol–water partition coefficient (Wildman–Crippen LogP) is 0.642. The Labute approximate surface area is 230 Å². The molecule has 12 nitrogen and oxygen atoms in total. The fraction of sp³-hybridized carbons (Fsp3) is 0.286. The van der Waals surface area contributed by atoms with E-state index in [4.69, 9.17) is 15.9 Å². The van der Waals surface area contributed by atoms with Crippen LogP contribution in [-0.4, -0.2) is 89.2 Å². The molecule has 210 valence electrons. The molecular weight excluding hydrogens is 518 g/mol. The first-order chi connectivity index (χ1) is 19.0. The second-order valence-corrected chi connectivity index (χ2v) is 9.15. The van der Waals surface area contributed by atoms with Crippen molar-refractivity contribution in [2.45, 2.75) is 24.9 Å². The maximum Gasteiger partial charge on any atom is 0.323 e. The third-order valence-corrected chi connectivity index (χ3v) is 6.50. The number of ether oxygens (including phenoxy) is 1. The molecule has 0 unspecified atom stereocenters. The number of esters is 1. The minimum Gasteiger partial charge on any atom is -0.480 e. The van der Waals surface area contributed by atoms with E-state index >= 15 is 0 Å². The summed E-state index contributed by atoms with van der Waals surface area (Å²) in [5.74, 6) is -4.03. The van der Waals surface area contributed by atoms with Gasteiger partial charge in [-0.2, -0.15) is 0 Å². The molecule has 0 aliphatic carbocycles. The van der Waals surface area contributed by atoms with E-state index in [2.05, 4.69) is 11.9 Å². The highest BCUT2D eigenvalue weighted by Gasteiger charge is 2.41. The van der Waals surface area contributed by atoms with Crippen LogP contribution in [0.15, 0.2) is 55.1 Å². The smallest absolute Gasteiger partial charge is 0.323 e. The molecule has 1 heterocycles. The minimum atomic E-state index is -1.30. The fourth-order valence-electron chi connectivity index (χ4n) is 4.33. The summed E-state index contributed by atoms with van der Waals surface area (Å²) in [6.45, 7) is 3.04. The monoisotopic (exact) mass is 549 g/mol. The molecule has 2 aromatic rings. The lowest BCUT2D eigenvalue weighted by atomic mass is 10.00. The number of carbonyl (C=O) groups excluding carboxylic acids is 4. The van der Waals surface area contributed by atoms with E-state index in [9.17, 15) is 29.1 Å². The number of nitrogen functional groups attached to an aromatic ring is 1. The normalized spacial score (nSPS) is 15.6. The Morgan fingerprint density at radius 3 is 2.30 bits per heavy atom. The summed E-state index contributed by atoms with van der Waals surface area (Å²) in [6, 6.07) is 10.7. The van der Waals surface area contributed by atoms with E-state index in [1.54, 1.807) is 30.3 Å². The van der Waals surface area contributed by atoms with Crippen molar-refractivity contribution in [1.29, 1.82) is 5.41 Å². The van der Waals surface area contributed by atoms with Crippen LogP contribution in [0.3, 0.4) is 0 Å². The molecule has 0 saturated carbocycles. The number of amidine groups is 1. The Morgan fingerprint density at radius 1 is 1.12 bits per heavy atom. The molecule has 2 aromatic carbocycles. The largest absolute Gasteiger partial charge is 0.480 e. The average molecular weight is 550 g/mol. The molecule has 40 heavy (non-hydrogen) atoms. The van der Waals surface area contributed by atoms with Crippen LogP contribution in [0.5, 0.6) is 0 Å². The number of nitrogens with zero attached hydrogens (tertiary/aromatic N) is 2. The highest BCUT2D eigenvalue weighted by atomic mass is 16.5. The van der Waals surface area contributed by atoms with Gasteiger partial charge >= 0.3 is 11.9 Å². The lowest BCUT2D eigenvalue weighted by molar-refractivity contribution is -0.159. The van der Waals surface area contributed by atoms with Gasteiger partial charge < -0.3 is 30.7 Å². The average Bonchev–Trinajstić information content (AvgIpc) is 2.94. The number of piperazine rings is 1. The molecule has 12 heteroatoms. The van der Waals surface area contributed by atoms with E-state index in [0.717, 1.165) is 23.1 Å². The number of nitrogens with two attached hydrogens (primary N) is 1. The van der Waals surface area contributed by atoms with Crippen molar-refractivity contribution in [2.75, 3.05) is 26.7 Å². The van der Waals surface area contributed by atoms with Gasteiger partial charge in [0.15, 0.2) is 0 Å².